The Kier molecular flexibility index (Phi) is 5.14. The first-order valence-corrected chi connectivity index (χ1v) is 15.2. The summed E-state index contributed by atoms with van der Waals surface area (Å²) in [4.78, 5) is 0. The summed E-state index contributed by atoms with van der Waals surface area (Å²) < 4.78 is 31.8. The summed E-state index contributed by atoms with van der Waals surface area (Å²) in [5.41, 5.74) is -1.38. The quantitative estimate of drug-likeness (QED) is 0.689. The molecule has 0 atom stereocenters. The highest BCUT2D eigenvalue weighted by molar-refractivity contribution is 7.33. The summed E-state index contributed by atoms with van der Waals surface area (Å²) in [6, 6.07) is 0. The van der Waals surface area contributed by atoms with E-state index < -0.39 is 16.4 Å². The maximum absolute atomic E-state index is 6.74. The third-order valence-corrected chi connectivity index (χ3v) is 13.1. The summed E-state index contributed by atoms with van der Waals surface area (Å²) in [7, 11) is -4.57. The van der Waals surface area contributed by atoms with Crippen molar-refractivity contribution in [2.75, 3.05) is 0 Å². The van der Waals surface area contributed by atoms with E-state index in [0.717, 1.165) is 0 Å². The Morgan fingerprint density at radius 3 is 0.920 bits per heavy atom. The molecule has 0 aromatic rings. The van der Waals surface area contributed by atoms with Crippen LogP contribution in [-0.2, 0) is 22.7 Å². The Bertz CT molecular complexity index is 457. The molecule has 9 heteroatoms. The van der Waals surface area contributed by atoms with Crippen LogP contribution in [0.15, 0.2) is 0 Å². The maximum atomic E-state index is 6.74. The molecule has 0 radical (unpaired) electrons. The van der Waals surface area contributed by atoms with Gasteiger partial charge in [0.2, 0.25) is 16.4 Å². The summed E-state index contributed by atoms with van der Waals surface area (Å²) in [6.45, 7) is 24.7. The molecular weight excluding hydrogens is 350 g/mol. The molecule has 0 aliphatic carbocycles. The van der Waals surface area contributed by atoms with E-state index in [1.54, 1.807) is 0 Å². The lowest BCUT2D eigenvalue weighted by Gasteiger charge is -2.35. The van der Waals surface area contributed by atoms with Gasteiger partial charge in [0.1, 0.15) is 0 Å². The second-order valence-corrected chi connectivity index (χ2v) is 18.7. The van der Waals surface area contributed by atoms with Crippen LogP contribution in [0.4, 0.5) is 0 Å². The molecule has 2 aliphatic heterocycles. The third kappa shape index (κ3) is 3.84. The molecule has 0 spiro atoms. The maximum Gasteiger partial charge on any atom is 0.466 e. The molecule has 0 aromatic heterocycles. The van der Waals surface area contributed by atoms with E-state index in [1.807, 2.05) is 0 Å². The van der Waals surface area contributed by atoms with Crippen molar-refractivity contribution in [2.24, 2.45) is 0 Å². The van der Waals surface area contributed by atoms with Crippen LogP contribution < -0.4 is 0 Å². The second-order valence-electron chi connectivity index (χ2n) is 10.5. The zero-order chi connectivity index (χ0) is 19.7. The van der Waals surface area contributed by atoms with E-state index in [2.05, 4.69) is 81.6 Å². The van der Waals surface area contributed by atoms with Crippen molar-refractivity contribution in [1.29, 1.82) is 0 Å². The number of hydrogen-bond acceptors (Lipinski definition) is 5. The van der Waals surface area contributed by atoms with E-state index in [-0.39, 0.29) is 35.8 Å². The molecular formula is C16H36B2O5Si2. The normalized spacial score (nSPS) is 27.8. The number of rotatable bonds is 4. The number of hydrogen-bond donors (Lipinski definition) is 0. The summed E-state index contributed by atoms with van der Waals surface area (Å²) >= 11 is 0. The summed E-state index contributed by atoms with van der Waals surface area (Å²) in [5, 5.41) is 0. The average Bonchev–Trinajstić information content (AvgIpc) is 2.69. The zero-order valence-electron chi connectivity index (χ0n) is 18.2. The average molecular weight is 386 g/mol. The van der Waals surface area contributed by atoms with Gasteiger partial charge in [-0.05, 0) is 81.6 Å². The van der Waals surface area contributed by atoms with Crippen LogP contribution >= 0.6 is 0 Å². The largest absolute Gasteiger partial charge is 0.466 e. The van der Waals surface area contributed by atoms with E-state index >= 15 is 0 Å². The predicted molar refractivity (Wildman–Crippen MR) is 108 cm³/mol. The van der Waals surface area contributed by atoms with E-state index in [1.165, 1.54) is 0 Å². The van der Waals surface area contributed by atoms with Gasteiger partial charge in [-0.25, -0.2) is 0 Å². The second kappa shape index (κ2) is 5.93. The fourth-order valence-electron chi connectivity index (χ4n) is 3.03. The van der Waals surface area contributed by atoms with E-state index in [4.69, 9.17) is 22.7 Å². The van der Waals surface area contributed by atoms with Crippen LogP contribution in [0.2, 0.25) is 26.2 Å². The van der Waals surface area contributed by atoms with E-state index in [9.17, 15) is 0 Å². The van der Waals surface area contributed by atoms with Gasteiger partial charge < -0.3 is 22.7 Å². The lowest BCUT2D eigenvalue weighted by Crippen LogP contribution is -2.62. The molecule has 2 fully saturated rings. The van der Waals surface area contributed by atoms with E-state index in [0.29, 0.717) is 0 Å². The monoisotopic (exact) mass is 386 g/mol. The first-order chi connectivity index (χ1) is 10.8. The lowest BCUT2D eigenvalue weighted by atomic mass is 9.90. The minimum Gasteiger partial charge on any atom is -0.458 e. The Hall–Kier alpha value is 0.364. The Balaban J connectivity index is 2.15. The summed E-state index contributed by atoms with van der Waals surface area (Å²) in [5.74, 6) is 0. The molecule has 0 amide bonds. The molecule has 5 nitrogen and oxygen atoms in total. The van der Waals surface area contributed by atoms with Gasteiger partial charge in [0.15, 0.2) is 0 Å². The molecule has 2 heterocycles. The van der Waals surface area contributed by atoms with Gasteiger partial charge >= 0.3 is 13.4 Å². The van der Waals surface area contributed by atoms with Crippen molar-refractivity contribution in [2.45, 2.75) is 104 Å². The Morgan fingerprint density at radius 1 is 0.520 bits per heavy atom. The van der Waals surface area contributed by atoms with Gasteiger partial charge in [-0.15, -0.1) is 0 Å². The first-order valence-electron chi connectivity index (χ1n) is 9.24. The first kappa shape index (κ1) is 21.7. The van der Waals surface area contributed by atoms with Crippen LogP contribution in [0, 0.1) is 0 Å². The fraction of sp³-hybridized carbons (Fsp3) is 1.00. The zero-order valence-corrected chi connectivity index (χ0v) is 20.2. The van der Waals surface area contributed by atoms with Gasteiger partial charge in [0, 0.05) is 0 Å². The van der Waals surface area contributed by atoms with Gasteiger partial charge in [0.25, 0.3) is 0 Å². The van der Waals surface area contributed by atoms with Crippen molar-refractivity contribution in [1.82, 2.24) is 0 Å². The van der Waals surface area contributed by atoms with Crippen molar-refractivity contribution < 1.29 is 22.7 Å². The van der Waals surface area contributed by atoms with Gasteiger partial charge in [-0.2, -0.15) is 0 Å². The molecule has 2 rings (SSSR count). The molecule has 0 saturated carbocycles. The SMILES string of the molecule is CC1(C)OB([Si](C)(C)O[Si](C)(C)B2OC(C)(C)C(C)(C)O2)OC1(C)C. The highest BCUT2D eigenvalue weighted by atomic mass is 28.4. The molecule has 144 valence electrons. The van der Waals surface area contributed by atoms with Crippen molar-refractivity contribution in [3.8, 4) is 0 Å². The molecule has 0 N–H and O–H groups in total. The summed E-state index contributed by atoms with van der Waals surface area (Å²) in [6.07, 6.45) is 0. The predicted octanol–water partition coefficient (Wildman–Crippen LogP) is 3.75. The molecule has 0 unspecified atom stereocenters. The molecule has 2 saturated heterocycles. The molecule has 0 bridgehead atoms. The van der Waals surface area contributed by atoms with Crippen LogP contribution in [0.25, 0.3) is 0 Å². The standard InChI is InChI=1S/C16H36B2O5Si2/c1-13(2)14(3,4)20-17(19-13)24(9,10)23-25(11,12)18-21-15(5,6)16(7,8)22-18/h1-12H3. The lowest BCUT2D eigenvalue weighted by molar-refractivity contribution is 0.00578. The van der Waals surface area contributed by atoms with Crippen LogP contribution in [0.3, 0.4) is 0 Å². The highest BCUT2D eigenvalue weighted by Crippen LogP contribution is 2.42. The molecule has 0 aromatic carbocycles. The molecule has 2 aliphatic rings. The van der Waals surface area contributed by atoms with Crippen LogP contribution in [0.5, 0.6) is 0 Å². The highest BCUT2D eigenvalue weighted by Gasteiger charge is 2.63. The molecule has 25 heavy (non-hydrogen) atoms. The Morgan fingerprint density at radius 2 is 0.720 bits per heavy atom. The van der Waals surface area contributed by atoms with Crippen molar-refractivity contribution in [3.63, 3.8) is 0 Å². The van der Waals surface area contributed by atoms with Crippen molar-refractivity contribution >= 4 is 29.8 Å². The minimum atomic E-state index is -2.29. The van der Waals surface area contributed by atoms with Gasteiger partial charge in [-0.3, -0.25) is 0 Å². The van der Waals surface area contributed by atoms with Gasteiger partial charge in [-0.1, -0.05) is 0 Å². The van der Waals surface area contributed by atoms with Crippen LogP contribution in [0.1, 0.15) is 55.4 Å². The smallest absolute Gasteiger partial charge is 0.458 e. The third-order valence-electron chi connectivity index (χ3n) is 6.17. The fourth-order valence-corrected chi connectivity index (χ4v) is 11.5. The topological polar surface area (TPSA) is 46.2 Å². The Labute approximate surface area is 156 Å². The van der Waals surface area contributed by atoms with Crippen LogP contribution in [-0.4, -0.2) is 52.2 Å². The minimum absolute atomic E-state index is 0.299. The van der Waals surface area contributed by atoms with Gasteiger partial charge in [0.05, 0.1) is 22.4 Å². The van der Waals surface area contributed by atoms with Crippen molar-refractivity contribution in [3.05, 3.63) is 0 Å².